The molecular formula is C19H20ClN3O4. The second kappa shape index (κ2) is 9.68. The summed E-state index contributed by atoms with van der Waals surface area (Å²) >= 11 is 5.78. The van der Waals surface area contributed by atoms with E-state index in [0.717, 1.165) is 12.0 Å². The lowest BCUT2D eigenvalue weighted by Crippen LogP contribution is -2.36. The molecule has 2 aromatic rings. The van der Waals surface area contributed by atoms with Crippen molar-refractivity contribution in [1.29, 1.82) is 0 Å². The minimum absolute atomic E-state index is 0.0802. The van der Waals surface area contributed by atoms with Crippen LogP contribution in [-0.2, 0) is 20.7 Å². The second-order valence-corrected chi connectivity index (χ2v) is 6.15. The number of hydrogen-bond acceptors (Lipinski definition) is 5. The van der Waals surface area contributed by atoms with Gasteiger partial charge in [-0.25, -0.2) is 0 Å². The number of nitrogens with one attached hydrogen (secondary N) is 2. The number of amides is 2. The molecular weight excluding hydrogens is 370 g/mol. The minimum Gasteiger partial charge on any atom is -0.451 e. The number of benzene rings is 1. The summed E-state index contributed by atoms with van der Waals surface area (Å²) in [6.45, 7) is 3.10. The van der Waals surface area contributed by atoms with Crippen molar-refractivity contribution in [1.82, 2.24) is 10.3 Å². The number of aryl methyl sites for hydroxylation is 1. The van der Waals surface area contributed by atoms with Crippen molar-refractivity contribution in [2.45, 2.75) is 26.4 Å². The first kappa shape index (κ1) is 20.4. The van der Waals surface area contributed by atoms with Crippen molar-refractivity contribution < 1.29 is 19.1 Å². The highest BCUT2D eigenvalue weighted by Gasteiger charge is 2.19. The maximum Gasteiger partial charge on any atom is 0.326 e. The summed E-state index contributed by atoms with van der Waals surface area (Å²) in [5.74, 6) is -1.77. The first-order chi connectivity index (χ1) is 12.9. The molecule has 142 valence electrons. The van der Waals surface area contributed by atoms with E-state index in [0.29, 0.717) is 10.7 Å². The van der Waals surface area contributed by atoms with Gasteiger partial charge in [0.2, 0.25) is 0 Å². The quantitative estimate of drug-likeness (QED) is 0.709. The predicted octanol–water partition coefficient (Wildman–Crippen LogP) is 2.60. The third-order valence-electron chi connectivity index (χ3n) is 3.66. The Hall–Kier alpha value is -2.93. The summed E-state index contributed by atoms with van der Waals surface area (Å²) in [5.41, 5.74) is 1.84. The van der Waals surface area contributed by atoms with Crippen LogP contribution < -0.4 is 10.6 Å². The Bertz CT molecular complexity index is 824. The molecule has 0 aliphatic rings. The van der Waals surface area contributed by atoms with Crippen molar-refractivity contribution in [3.8, 4) is 0 Å². The number of pyridine rings is 1. The summed E-state index contributed by atoms with van der Waals surface area (Å²) in [4.78, 5) is 39.7. The van der Waals surface area contributed by atoms with Gasteiger partial charge in [-0.3, -0.25) is 19.4 Å². The van der Waals surface area contributed by atoms with Crippen LogP contribution in [0.1, 0.15) is 29.9 Å². The largest absolute Gasteiger partial charge is 0.451 e. The number of carbonyl (C=O) groups is 3. The van der Waals surface area contributed by atoms with Gasteiger partial charge in [-0.05, 0) is 43.2 Å². The molecule has 0 saturated heterocycles. The van der Waals surface area contributed by atoms with E-state index in [9.17, 15) is 14.4 Å². The molecule has 0 fully saturated rings. The lowest BCUT2D eigenvalue weighted by atomic mass is 10.1. The van der Waals surface area contributed by atoms with Gasteiger partial charge in [0.25, 0.3) is 11.8 Å². The van der Waals surface area contributed by atoms with Gasteiger partial charge in [0.1, 0.15) is 12.2 Å². The summed E-state index contributed by atoms with van der Waals surface area (Å²) in [5, 5.41) is 5.39. The van der Waals surface area contributed by atoms with Gasteiger partial charge in [-0.2, -0.15) is 0 Å². The smallest absolute Gasteiger partial charge is 0.326 e. The summed E-state index contributed by atoms with van der Waals surface area (Å²) < 4.78 is 5.03. The van der Waals surface area contributed by atoms with Crippen molar-refractivity contribution >= 4 is 35.1 Å². The lowest BCUT2D eigenvalue weighted by Gasteiger charge is -2.14. The van der Waals surface area contributed by atoms with Crippen LogP contribution in [0.2, 0.25) is 5.02 Å². The van der Waals surface area contributed by atoms with Gasteiger partial charge < -0.3 is 15.4 Å². The van der Waals surface area contributed by atoms with Crippen LogP contribution in [0.5, 0.6) is 0 Å². The maximum absolute atomic E-state index is 12.1. The van der Waals surface area contributed by atoms with Crippen LogP contribution in [-0.4, -0.2) is 35.4 Å². The number of aromatic nitrogens is 1. The van der Waals surface area contributed by atoms with E-state index >= 15 is 0 Å². The number of rotatable bonds is 7. The van der Waals surface area contributed by atoms with Gasteiger partial charge in [-0.15, -0.1) is 0 Å². The summed E-state index contributed by atoms with van der Waals surface area (Å²) in [7, 11) is 0. The Balaban J connectivity index is 1.80. The number of carbonyl (C=O) groups excluding carboxylic acids is 3. The van der Waals surface area contributed by atoms with Crippen molar-refractivity contribution in [3.63, 3.8) is 0 Å². The zero-order valence-corrected chi connectivity index (χ0v) is 15.7. The molecule has 8 heteroatoms. The fourth-order valence-corrected chi connectivity index (χ4v) is 2.29. The van der Waals surface area contributed by atoms with Gasteiger partial charge >= 0.3 is 5.97 Å². The second-order valence-electron chi connectivity index (χ2n) is 5.71. The first-order valence-electron chi connectivity index (χ1n) is 8.38. The molecule has 1 aromatic carbocycles. The first-order valence-corrected chi connectivity index (χ1v) is 8.76. The monoisotopic (exact) mass is 389 g/mol. The highest BCUT2D eigenvalue weighted by molar-refractivity contribution is 6.30. The molecule has 7 nitrogen and oxygen atoms in total. The average molecular weight is 390 g/mol. The highest BCUT2D eigenvalue weighted by atomic mass is 35.5. The fourth-order valence-electron chi connectivity index (χ4n) is 2.13. The molecule has 2 amide bonds. The van der Waals surface area contributed by atoms with E-state index in [-0.39, 0.29) is 5.69 Å². The maximum atomic E-state index is 12.1. The molecule has 1 aromatic heterocycles. The number of esters is 1. The van der Waals surface area contributed by atoms with Crippen molar-refractivity contribution in [3.05, 3.63) is 58.9 Å². The van der Waals surface area contributed by atoms with Crippen LogP contribution in [0, 0.1) is 0 Å². The molecule has 0 radical (unpaired) electrons. The van der Waals surface area contributed by atoms with Gasteiger partial charge in [0.15, 0.2) is 6.10 Å². The van der Waals surface area contributed by atoms with E-state index < -0.39 is 30.4 Å². The Morgan fingerprint density at radius 1 is 1.19 bits per heavy atom. The zero-order valence-electron chi connectivity index (χ0n) is 15.0. The predicted molar refractivity (Wildman–Crippen MR) is 102 cm³/mol. The number of hydrogen-bond donors (Lipinski definition) is 2. The van der Waals surface area contributed by atoms with Crippen molar-refractivity contribution in [2.24, 2.45) is 0 Å². The number of nitrogens with zero attached hydrogens (tertiary/aromatic N) is 1. The van der Waals surface area contributed by atoms with Gasteiger partial charge in [0.05, 0.1) is 0 Å². The van der Waals surface area contributed by atoms with Crippen LogP contribution in [0.3, 0.4) is 0 Å². The number of halogens is 1. The third kappa shape index (κ3) is 6.38. The average Bonchev–Trinajstić information content (AvgIpc) is 2.66. The third-order valence-corrected chi connectivity index (χ3v) is 3.89. The molecule has 2 N–H and O–H groups in total. The highest BCUT2D eigenvalue weighted by Crippen LogP contribution is 2.11. The molecule has 0 saturated carbocycles. The molecule has 0 aliphatic heterocycles. The SMILES string of the molecule is CCc1ccc(NC(=O)[C@@H](C)OC(=O)CNC(=O)c2cc(Cl)ccn2)cc1. The Morgan fingerprint density at radius 3 is 2.52 bits per heavy atom. The molecule has 0 spiro atoms. The molecule has 1 atom stereocenters. The van der Waals surface area contributed by atoms with Gasteiger partial charge in [-0.1, -0.05) is 30.7 Å². The van der Waals surface area contributed by atoms with E-state index in [1.54, 1.807) is 12.1 Å². The molecule has 27 heavy (non-hydrogen) atoms. The van der Waals surface area contributed by atoms with E-state index in [2.05, 4.69) is 15.6 Å². The zero-order chi connectivity index (χ0) is 19.8. The Kier molecular flexibility index (Phi) is 7.31. The molecule has 1 heterocycles. The van der Waals surface area contributed by atoms with Crippen LogP contribution in [0.25, 0.3) is 0 Å². The molecule has 0 bridgehead atoms. The van der Waals surface area contributed by atoms with E-state index in [1.807, 2.05) is 19.1 Å². The van der Waals surface area contributed by atoms with E-state index in [1.165, 1.54) is 25.3 Å². The van der Waals surface area contributed by atoms with Gasteiger partial charge in [0, 0.05) is 16.9 Å². The molecule has 2 rings (SSSR count). The van der Waals surface area contributed by atoms with Crippen LogP contribution in [0.15, 0.2) is 42.6 Å². The van der Waals surface area contributed by atoms with Crippen LogP contribution in [0.4, 0.5) is 5.69 Å². The standard InChI is InChI=1S/C19H20ClN3O4/c1-3-13-4-6-15(7-5-13)23-18(25)12(2)27-17(24)11-22-19(26)16-10-14(20)8-9-21-16/h4-10,12H,3,11H2,1-2H3,(H,22,26)(H,23,25)/t12-/m1/s1. The number of anilines is 1. The van der Waals surface area contributed by atoms with Crippen LogP contribution >= 0.6 is 11.6 Å². The lowest BCUT2D eigenvalue weighted by molar-refractivity contribution is -0.152. The normalized spacial score (nSPS) is 11.4. The molecule has 0 aliphatic carbocycles. The summed E-state index contributed by atoms with van der Waals surface area (Å²) in [6, 6.07) is 10.3. The summed E-state index contributed by atoms with van der Waals surface area (Å²) in [6.07, 6.45) is 1.28. The van der Waals surface area contributed by atoms with Crippen molar-refractivity contribution in [2.75, 3.05) is 11.9 Å². The Morgan fingerprint density at radius 2 is 1.89 bits per heavy atom. The minimum atomic E-state index is -1.01. The molecule has 0 unspecified atom stereocenters. The Labute approximate surface area is 162 Å². The topological polar surface area (TPSA) is 97.4 Å². The van der Waals surface area contributed by atoms with E-state index in [4.69, 9.17) is 16.3 Å². The fraction of sp³-hybridized carbons (Fsp3) is 0.263. The number of ether oxygens (including phenoxy) is 1.